The fraction of sp³-hybridized carbons (Fsp3) is 0.333. The molecule has 8 nitrogen and oxygen atoms in total. The van der Waals surface area contributed by atoms with E-state index in [-0.39, 0.29) is 11.4 Å². The summed E-state index contributed by atoms with van der Waals surface area (Å²) in [6.45, 7) is 7.09. The molecule has 0 aliphatic carbocycles. The van der Waals surface area contributed by atoms with Crippen LogP contribution < -0.4 is 14.2 Å². The number of carbonyl (C=O) groups excluding carboxylic acids is 1. The first-order chi connectivity index (χ1) is 17.8. The van der Waals surface area contributed by atoms with Crippen LogP contribution in [-0.2, 0) is 4.79 Å². The molecule has 0 radical (unpaired) electrons. The largest absolute Gasteiger partial charge is 0.493 e. The molecular weight excluding hydrogens is 603 g/mol. The van der Waals surface area contributed by atoms with Crippen LogP contribution in [0, 0.1) is 8.98 Å². The third-order valence-electron chi connectivity index (χ3n) is 6.02. The summed E-state index contributed by atoms with van der Waals surface area (Å²) >= 11 is 3.49. The predicted molar refractivity (Wildman–Crippen MR) is 157 cm³/mol. The van der Waals surface area contributed by atoms with Crippen LogP contribution in [0.2, 0.25) is 0 Å². The van der Waals surface area contributed by atoms with Gasteiger partial charge in [-0.15, -0.1) is 0 Å². The van der Waals surface area contributed by atoms with E-state index in [1.54, 1.807) is 19.3 Å². The molecule has 0 fully saturated rings. The second kappa shape index (κ2) is 12.1. The average molecular weight is 633 g/mol. The molecule has 1 N–H and O–H groups in total. The van der Waals surface area contributed by atoms with Crippen LogP contribution in [0.3, 0.4) is 0 Å². The van der Waals surface area contributed by atoms with Crippen LogP contribution in [-0.4, -0.2) is 47.3 Å². The number of methoxy groups -OCH3 is 1. The van der Waals surface area contributed by atoms with E-state index in [0.717, 1.165) is 20.8 Å². The van der Waals surface area contributed by atoms with E-state index < -0.39 is 5.91 Å². The van der Waals surface area contributed by atoms with Crippen molar-refractivity contribution in [2.45, 2.75) is 39.5 Å². The van der Waals surface area contributed by atoms with Crippen LogP contribution in [0.5, 0.6) is 17.2 Å². The maximum atomic E-state index is 12.7. The lowest BCUT2D eigenvalue weighted by Gasteiger charge is -2.20. The topological polar surface area (TPSA) is 96.6 Å². The number of benzene rings is 2. The molecule has 2 heterocycles. The van der Waals surface area contributed by atoms with Gasteiger partial charge in [0.2, 0.25) is 5.17 Å². The summed E-state index contributed by atoms with van der Waals surface area (Å²) in [5, 5.41) is 15.5. The fourth-order valence-corrected chi connectivity index (χ4v) is 5.34. The molecule has 2 aromatic rings. The van der Waals surface area contributed by atoms with Gasteiger partial charge in [-0.1, -0.05) is 32.9 Å². The van der Waals surface area contributed by atoms with Gasteiger partial charge in [-0.25, -0.2) is 0 Å². The molecule has 1 amide bonds. The maximum absolute atomic E-state index is 12.7. The lowest BCUT2D eigenvalue weighted by Crippen LogP contribution is -2.35. The van der Waals surface area contributed by atoms with Crippen molar-refractivity contribution in [3.63, 3.8) is 0 Å². The number of hydrogen-bond acceptors (Lipinski definition) is 7. The Morgan fingerprint density at radius 3 is 2.57 bits per heavy atom. The highest BCUT2D eigenvalue weighted by molar-refractivity contribution is 14.1. The summed E-state index contributed by atoms with van der Waals surface area (Å²) in [6, 6.07) is 11.8. The third-order valence-corrected chi connectivity index (χ3v) is 7.88. The SMILES string of the molecule is CCC1=NN2C(=N)/C(=C\c3cc(I)c(OCCOc4ccc(C(C)CC)cc4)c(OC)c3)C(=O)N=C2S1. The molecule has 1 unspecified atom stereocenters. The minimum Gasteiger partial charge on any atom is -0.493 e. The van der Waals surface area contributed by atoms with Crippen molar-refractivity contribution in [2.24, 2.45) is 10.1 Å². The Morgan fingerprint density at radius 2 is 1.89 bits per heavy atom. The van der Waals surface area contributed by atoms with Crippen LogP contribution in [0.1, 0.15) is 50.7 Å². The number of nitrogens with one attached hydrogen (secondary N) is 1. The van der Waals surface area contributed by atoms with Crippen molar-refractivity contribution in [2.75, 3.05) is 20.3 Å². The number of amidine groups is 2. The number of carbonyl (C=O) groups is 1. The predicted octanol–water partition coefficient (Wildman–Crippen LogP) is 6.30. The molecule has 4 rings (SSSR count). The van der Waals surface area contributed by atoms with Crippen molar-refractivity contribution >= 4 is 62.4 Å². The summed E-state index contributed by atoms with van der Waals surface area (Å²) < 4.78 is 18.2. The molecular formula is C27H29IN4O4S. The summed E-state index contributed by atoms with van der Waals surface area (Å²) in [7, 11) is 1.57. The number of nitrogens with zero attached hydrogens (tertiary/aromatic N) is 3. The van der Waals surface area contributed by atoms with Gasteiger partial charge in [0.05, 0.1) is 16.3 Å². The van der Waals surface area contributed by atoms with E-state index in [1.807, 2.05) is 25.1 Å². The highest BCUT2D eigenvalue weighted by atomic mass is 127. The number of amides is 1. The second-order valence-corrected chi connectivity index (χ2v) is 10.7. The molecule has 1 atom stereocenters. The fourth-order valence-electron chi connectivity index (χ4n) is 3.74. The average Bonchev–Trinajstić information content (AvgIpc) is 3.32. The first kappa shape index (κ1) is 27.2. The molecule has 2 aliphatic rings. The minimum absolute atomic E-state index is 0.00887. The van der Waals surface area contributed by atoms with Gasteiger partial charge < -0.3 is 14.2 Å². The number of hydrazone groups is 1. The summed E-state index contributed by atoms with van der Waals surface area (Å²) in [4.78, 5) is 16.8. The lowest BCUT2D eigenvalue weighted by atomic mass is 9.99. The standard InChI is InChI=1S/C27H29IN4O4S/c1-5-16(3)18-7-9-19(10-8-18)35-11-12-36-24-21(28)14-17(15-22(24)34-4)13-20-25(29)32-27(30-26(20)33)37-23(6-2)31-32/h7-10,13-16,29H,5-6,11-12H2,1-4H3/b20-13+,29-25?. The molecule has 0 bridgehead atoms. The van der Waals surface area contributed by atoms with Crippen molar-refractivity contribution in [1.29, 1.82) is 5.41 Å². The summed E-state index contributed by atoms with van der Waals surface area (Å²) in [5.74, 6) is 2.00. The first-order valence-corrected chi connectivity index (χ1v) is 14.0. The van der Waals surface area contributed by atoms with E-state index in [0.29, 0.717) is 47.8 Å². The molecule has 0 spiro atoms. The van der Waals surface area contributed by atoms with Crippen LogP contribution in [0.4, 0.5) is 0 Å². The van der Waals surface area contributed by atoms with Crippen LogP contribution in [0.25, 0.3) is 6.08 Å². The number of rotatable bonds is 10. The van der Waals surface area contributed by atoms with Crippen molar-refractivity contribution < 1.29 is 19.0 Å². The number of thioether (sulfide) groups is 1. The van der Waals surface area contributed by atoms with Crippen molar-refractivity contribution in [3.8, 4) is 17.2 Å². The van der Waals surface area contributed by atoms with Gasteiger partial charge in [0.1, 0.15) is 24.0 Å². The number of hydrogen-bond donors (Lipinski definition) is 1. The maximum Gasteiger partial charge on any atom is 0.283 e. The van der Waals surface area contributed by atoms with E-state index in [4.69, 9.17) is 19.6 Å². The number of halogens is 1. The number of ether oxygens (including phenoxy) is 3. The molecule has 10 heteroatoms. The van der Waals surface area contributed by atoms with Crippen molar-refractivity contribution in [1.82, 2.24) is 5.01 Å². The van der Waals surface area contributed by atoms with Gasteiger partial charge in [0.15, 0.2) is 17.3 Å². The highest BCUT2D eigenvalue weighted by Gasteiger charge is 2.35. The molecule has 194 valence electrons. The van der Waals surface area contributed by atoms with E-state index in [2.05, 4.69) is 58.7 Å². The molecule has 37 heavy (non-hydrogen) atoms. The second-order valence-electron chi connectivity index (χ2n) is 8.48. The van der Waals surface area contributed by atoms with Gasteiger partial charge >= 0.3 is 0 Å². The Bertz CT molecular complexity index is 1290. The zero-order valence-corrected chi connectivity index (χ0v) is 24.2. The van der Waals surface area contributed by atoms with Gasteiger partial charge in [0.25, 0.3) is 5.91 Å². The van der Waals surface area contributed by atoms with Crippen molar-refractivity contribution in [3.05, 3.63) is 56.7 Å². The Balaban J connectivity index is 1.43. The van der Waals surface area contributed by atoms with Crippen LogP contribution in [0.15, 0.2) is 52.1 Å². The molecule has 2 aromatic carbocycles. The highest BCUT2D eigenvalue weighted by Crippen LogP contribution is 2.36. The summed E-state index contributed by atoms with van der Waals surface area (Å²) in [5.41, 5.74) is 2.17. The Morgan fingerprint density at radius 1 is 1.16 bits per heavy atom. The quantitative estimate of drug-likeness (QED) is 0.188. The zero-order valence-electron chi connectivity index (χ0n) is 21.2. The molecule has 0 saturated heterocycles. The molecule has 0 saturated carbocycles. The Hall–Kier alpha value is -2.86. The van der Waals surface area contributed by atoms with Gasteiger partial charge in [-0.2, -0.15) is 15.1 Å². The number of aliphatic imine (C=N–C) groups is 1. The van der Waals surface area contributed by atoms with Crippen LogP contribution >= 0.6 is 34.4 Å². The molecule has 0 aromatic heterocycles. The molecule has 2 aliphatic heterocycles. The van der Waals surface area contributed by atoms with Gasteiger partial charge in [-0.3, -0.25) is 10.2 Å². The third kappa shape index (κ3) is 6.18. The zero-order chi connectivity index (χ0) is 26.5. The van der Waals surface area contributed by atoms with Gasteiger partial charge in [-0.05, 0) is 94.6 Å². The summed E-state index contributed by atoms with van der Waals surface area (Å²) in [6.07, 6.45) is 3.45. The van der Waals surface area contributed by atoms with Gasteiger partial charge in [0, 0.05) is 0 Å². The van der Waals surface area contributed by atoms with E-state index in [9.17, 15) is 4.79 Å². The monoisotopic (exact) mass is 632 g/mol. The number of fused-ring (bicyclic) bond motifs is 1. The normalized spacial score (nSPS) is 16.9. The van der Waals surface area contributed by atoms with E-state index in [1.165, 1.54) is 22.3 Å². The first-order valence-electron chi connectivity index (χ1n) is 12.1. The van der Waals surface area contributed by atoms with E-state index >= 15 is 0 Å². The Kier molecular flexibility index (Phi) is 8.91. The smallest absolute Gasteiger partial charge is 0.283 e. The minimum atomic E-state index is -0.458. The Labute approximate surface area is 234 Å². The lowest BCUT2D eigenvalue weighted by molar-refractivity contribution is -0.114.